The quantitative estimate of drug-likeness (QED) is 0.711. The van der Waals surface area contributed by atoms with Gasteiger partial charge < -0.3 is 10.1 Å². The van der Waals surface area contributed by atoms with E-state index in [4.69, 9.17) is 0 Å². The number of halogens is 3. The van der Waals surface area contributed by atoms with Crippen molar-refractivity contribution in [3.63, 3.8) is 0 Å². The van der Waals surface area contributed by atoms with Crippen LogP contribution in [0, 0.1) is 12.8 Å². The number of rotatable bonds is 6. The van der Waals surface area contributed by atoms with E-state index in [0.717, 1.165) is 23.3 Å². The molecular formula is C21H23F3N2O4S. The Hall–Kier alpha value is -2.59. The summed E-state index contributed by atoms with van der Waals surface area (Å²) >= 11 is 0. The molecule has 0 radical (unpaired) electrons. The lowest BCUT2D eigenvalue weighted by Gasteiger charge is -2.30. The first kappa shape index (κ1) is 23.1. The number of aryl methyl sites for hydroxylation is 1. The minimum atomic E-state index is -4.78. The van der Waals surface area contributed by atoms with Crippen LogP contribution in [0.4, 0.5) is 18.9 Å². The molecule has 0 bridgehead atoms. The van der Waals surface area contributed by atoms with Gasteiger partial charge in [-0.25, -0.2) is 12.7 Å². The molecule has 1 N–H and O–H groups in total. The molecule has 1 fully saturated rings. The van der Waals surface area contributed by atoms with Gasteiger partial charge in [0.25, 0.3) is 0 Å². The van der Waals surface area contributed by atoms with Crippen LogP contribution in [0.1, 0.15) is 24.0 Å². The average Bonchev–Trinajstić information content (AvgIpc) is 2.68. The first-order valence-electron chi connectivity index (χ1n) is 9.72. The van der Waals surface area contributed by atoms with Crippen LogP contribution in [0.3, 0.4) is 0 Å². The number of anilines is 1. The molecule has 1 saturated heterocycles. The Labute approximate surface area is 179 Å². The van der Waals surface area contributed by atoms with Gasteiger partial charge in [-0.2, -0.15) is 0 Å². The van der Waals surface area contributed by atoms with Crippen molar-refractivity contribution in [1.82, 2.24) is 4.31 Å². The third-order valence-corrected chi connectivity index (χ3v) is 6.86. The first-order chi connectivity index (χ1) is 14.5. The normalized spacial score (nSPS) is 16.1. The van der Waals surface area contributed by atoms with E-state index in [-0.39, 0.29) is 36.4 Å². The Bertz CT molecular complexity index is 1020. The van der Waals surface area contributed by atoms with E-state index >= 15 is 0 Å². The van der Waals surface area contributed by atoms with E-state index in [2.05, 4.69) is 10.1 Å². The third-order valence-electron chi connectivity index (χ3n) is 5.01. The summed E-state index contributed by atoms with van der Waals surface area (Å²) in [6.45, 7) is 2.38. The Morgan fingerprint density at radius 3 is 2.35 bits per heavy atom. The monoisotopic (exact) mass is 456 g/mol. The maximum Gasteiger partial charge on any atom is 0.573 e. The van der Waals surface area contributed by atoms with Gasteiger partial charge in [-0.15, -0.1) is 13.2 Å². The second-order valence-electron chi connectivity index (χ2n) is 7.48. The molecule has 0 spiro atoms. The summed E-state index contributed by atoms with van der Waals surface area (Å²) in [7, 11) is -3.49. The van der Waals surface area contributed by atoms with Crippen molar-refractivity contribution in [2.75, 3.05) is 18.4 Å². The SMILES string of the molecule is Cc1cccc(CS(=O)(=O)N2CCC(C(=O)Nc3ccc(OC(F)(F)F)cc3)CC2)c1. The zero-order valence-electron chi connectivity index (χ0n) is 16.9. The average molecular weight is 456 g/mol. The number of nitrogens with one attached hydrogen (secondary N) is 1. The standard InChI is InChI=1S/C21H23F3N2O4S/c1-15-3-2-4-16(13-15)14-31(28,29)26-11-9-17(10-12-26)20(27)25-18-5-7-19(8-6-18)30-21(22,23)24/h2-8,13,17H,9-12,14H2,1H3,(H,25,27). The van der Waals surface area contributed by atoms with Gasteiger partial charge >= 0.3 is 6.36 Å². The molecule has 0 saturated carbocycles. The van der Waals surface area contributed by atoms with E-state index in [9.17, 15) is 26.4 Å². The maximum atomic E-state index is 12.7. The maximum absolute atomic E-state index is 12.7. The van der Waals surface area contributed by atoms with Crippen molar-refractivity contribution in [2.45, 2.75) is 31.9 Å². The van der Waals surface area contributed by atoms with Crippen molar-refractivity contribution in [1.29, 1.82) is 0 Å². The van der Waals surface area contributed by atoms with E-state index < -0.39 is 16.4 Å². The minimum Gasteiger partial charge on any atom is -0.406 e. The van der Waals surface area contributed by atoms with Gasteiger partial charge in [-0.05, 0) is 49.6 Å². The molecule has 1 aliphatic rings. The highest BCUT2D eigenvalue weighted by molar-refractivity contribution is 7.88. The lowest BCUT2D eigenvalue weighted by atomic mass is 9.97. The zero-order valence-corrected chi connectivity index (χ0v) is 17.7. The topological polar surface area (TPSA) is 75.7 Å². The molecule has 2 aromatic carbocycles. The van der Waals surface area contributed by atoms with Gasteiger partial charge in [-0.3, -0.25) is 4.79 Å². The predicted octanol–water partition coefficient (Wildman–Crippen LogP) is 4.07. The summed E-state index contributed by atoms with van der Waals surface area (Å²) < 4.78 is 67.2. The van der Waals surface area contributed by atoms with Crippen molar-refractivity contribution in [2.24, 2.45) is 5.92 Å². The van der Waals surface area contributed by atoms with Crippen LogP contribution in [0.25, 0.3) is 0 Å². The van der Waals surface area contributed by atoms with Crippen LogP contribution in [0.5, 0.6) is 5.75 Å². The Morgan fingerprint density at radius 2 is 1.77 bits per heavy atom. The largest absolute Gasteiger partial charge is 0.573 e. The molecule has 168 valence electrons. The summed E-state index contributed by atoms with van der Waals surface area (Å²) in [5.74, 6) is -1.13. The molecule has 6 nitrogen and oxygen atoms in total. The molecular weight excluding hydrogens is 433 g/mol. The number of alkyl halides is 3. The van der Waals surface area contributed by atoms with Gasteiger partial charge in [-0.1, -0.05) is 29.8 Å². The molecule has 0 unspecified atom stereocenters. The number of hydrogen-bond donors (Lipinski definition) is 1. The van der Waals surface area contributed by atoms with E-state index in [1.807, 2.05) is 25.1 Å². The molecule has 2 aromatic rings. The second kappa shape index (κ2) is 9.27. The number of carbonyl (C=O) groups is 1. The molecule has 1 aliphatic heterocycles. The van der Waals surface area contributed by atoms with Crippen LogP contribution in [-0.4, -0.2) is 38.1 Å². The van der Waals surface area contributed by atoms with Crippen LogP contribution >= 0.6 is 0 Å². The summed E-state index contributed by atoms with van der Waals surface area (Å²) in [5, 5.41) is 2.66. The number of ether oxygens (including phenoxy) is 1. The third kappa shape index (κ3) is 6.70. The van der Waals surface area contributed by atoms with Crippen molar-refractivity contribution >= 4 is 21.6 Å². The molecule has 0 atom stereocenters. The van der Waals surface area contributed by atoms with Gasteiger partial charge in [0, 0.05) is 24.7 Å². The summed E-state index contributed by atoms with van der Waals surface area (Å²) in [5.41, 5.74) is 2.05. The summed E-state index contributed by atoms with van der Waals surface area (Å²) in [6, 6.07) is 12.2. The smallest absolute Gasteiger partial charge is 0.406 e. The summed E-state index contributed by atoms with van der Waals surface area (Å²) in [6.07, 6.45) is -4.04. The first-order valence-corrected chi connectivity index (χ1v) is 11.3. The van der Waals surface area contributed by atoms with Crippen molar-refractivity contribution in [3.8, 4) is 5.75 Å². The Kier molecular flexibility index (Phi) is 6.90. The van der Waals surface area contributed by atoms with Gasteiger partial charge in [0.2, 0.25) is 15.9 Å². The second-order valence-corrected chi connectivity index (χ2v) is 9.45. The lowest BCUT2D eigenvalue weighted by Crippen LogP contribution is -2.41. The number of nitrogens with zero attached hydrogens (tertiary/aromatic N) is 1. The van der Waals surface area contributed by atoms with Crippen molar-refractivity contribution < 1.29 is 31.1 Å². The fourth-order valence-corrected chi connectivity index (χ4v) is 5.03. The van der Waals surface area contributed by atoms with Gasteiger partial charge in [0.05, 0.1) is 5.75 Å². The fourth-order valence-electron chi connectivity index (χ4n) is 3.48. The fraction of sp³-hybridized carbons (Fsp3) is 0.381. The number of benzene rings is 2. The lowest BCUT2D eigenvalue weighted by molar-refractivity contribution is -0.274. The van der Waals surface area contributed by atoms with Crippen LogP contribution in [0.2, 0.25) is 0 Å². The summed E-state index contributed by atoms with van der Waals surface area (Å²) in [4.78, 5) is 12.5. The zero-order chi connectivity index (χ0) is 22.6. The Morgan fingerprint density at radius 1 is 1.13 bits per heavy atom. The van der Waals surface area contributed by atoms with Crippen LogP contribution in [-0.2, 0) is 20.6 Å². The number of sulfonamides is 1. The molecule has 1 amide bonds. The highest BCUT2D eigenvalue weighted by atomic mass is 32.2. The molecule has 31 heavy (non-hydrogen) atoms. The van der Waals surface area contributed by atoms with E-state index in [1.54, 1.807) is 6.07 Å². The Balaban J connectivity index is 1.52. The molecule has 1 heterocycles. The van der Waals surface area contributed by atoms with Crippen molar-refractivity contribution in [3.05, 3.63) is 59.7 Å². The van der Waals surface area contributed by atoms with E-state index in [1.165, 1.54) is 16.4 Å². The van der Waals surface area contributed by atoms with E-state index in [0.29, 0.717) is 18.5 Å². The highest BCUT2D eigenvalue weighted by Gasteiger charge is 2.32. The predicted molar refractivity (Wildman–Crippen MR) is 110 cm³/mol. The molecule has 0 aliphatic carbocycles. The number of amides is 1. The molecule has 0 aromatic heterocycles. The minimum absolute atomic E-state index is 0.0854. The number of piperidine rings is 1. The van der Waals surface area contributed by atoms with Crippen LogP contribution < -0.4 is 10.1 Å². The molecule has 3 rings (SSSR count). The number of hydrogen-bond acceptors (Lipinski definition) is 4. The highest BCUT2D eigenvalue weighted by Crippen LogP contribution is 2.26. The van der Waals surface area contributed by atoms with Gasteiger partial charge in [0.15, 0.2) is 0 Å². The van der Waals surface area contributed by atoms with Crippen LogP contribution in [0.15, 0.2) is 48.5 Å². The van der Waals surface area contributed by atoms with Gasteiger partial charge in [0.1, 0.15) is 5.75 Å². The molecule has 10 heteroatoms. The number of carbonyl (C=O) groups excluding carboxylic acids is 1.